The Morgan fingerprint density at radius 3 is 2.58 bits per heavy atom. The largest absolute Gasteiger partial charge is 0.480 e. The van der Waals surface area contributed by atoms with Crippen LogP contribution in [0.1, 0.15) is 19.8 Å². The van der Waals surface area contributed by atoms with Gasteiger partial charge in [0.05, 0.1) is 5.69 Å². The minimum absolute atomic E-state index is 0.0372. The molecule has 1 aromatic carbocycles. The third-order valence-electron chi connectivity index (χ3n) is 3.48. The predicted octanol–water partition coefficient (Wildman–Crippen LogP) is 1.81. The lowest BCUT2D eigenvalue weighted by molar-refractivity contribution is -0.140. The molecule has 1 heterocycles. The van der Waals surface area contributed by atoms with Crippen LogP contribution in [-0.4, -0.2) is 42.3 Å². The van der Waals surface area contributed by atoms with Gasteiger partial charge in [-0.25, -0.2) is 17.2 Å². The fourth-order valence-corrected chi connectivity index (χ4v) is 4.51. The van der Waals surface area contributed by atoms with Gasteiger partial charge in [0, 0.05) is 19.5 Å². The molecule has 0 bridgehead atoms. The number of anilines is 1. The average molecular weight is 383 g/mol. The van der Waals surface area contributed by atoms with E-state index < -0.39 is 55.2 Å². The van der Waals surface area contributed by atoms with Crippen LogP contribution >= 0.6 is 11.6 Å². The molecular weight excluding hydrogens is 370 g/mol. The highest BCUT2D eigenvalue weighted by molar-refractivity contribution is 7.89. The summed E-state index contributed by atoms with van der Waals surface area (Å²) in [5.74, 6) is -5.12. The number of carbonyl (C=O) groups is 2. The minimum atomic E-state index is -4.76. The summed E-state index contributed by atoms with van der Waals surface area (Å²) in [5, 5.41) is 10.4. The van der Waals surface area contributed by atoms with E-state index in [2.05, 4.69) is 5.32 Å². The number of nitrogens with zero attached hydrogens (tertiary/aromatic N) is 1. The van der Waals surface area contributed by atoms with Crippen molar-refractivity contribution in [2.24, 2.45) is 0 Å². The number of hydrogen-bond acceptors (Lipinski definition) is 4. The van der Waals surface area contributed by atoms with Gasteiger partial charge < -0.3 is 10.4 Å². The Morgan fingerprint density at radius 1 is 1.42 bits per heavy atom. The molecule has 1 atom stereocenters. The van der Waals surface area contributed by atoms with E-state index in [4.69, 9.17) is 16.7 Å². The van der Waals surface area contributed by atoms with Crippen molar-refractivity contribution in [3.8, 4) is 0 Å². The van der Waals surface area contributed by atoms with Gasteiger partial charge >= 0.3 is 5.97 Å². The summed E-state index contributed by atoms with van der Waals surface area (Å²) >= 11 is 5.67. The van der Waals surface area contributed by atoms with Crippen LogP contribution in [0.15, 0.2) is 11.0 Å². The van der Waals surface area contributed by atoms with Crippen LogP contribution in [0.5, 0.6) is 0 Å². The summed E-state index contributed by atoms with van der Waals surface area (Å²) < 4.78 is 54.1. The molecule has 11 heteroatoms. The number of carboxylic acids is 1. The van der Waals surface area contributed by atoms with Crippen molar-refractivity contribution in [2.75, 3.05) is 11.9 Å². The molecule has 132 valence electrons. The summed E-state index contributed by atoms with van der Waals surface area (Å²) in [6, 6.07) is -0.825. The summed E-state index contributed by atoms with van der Waals surface area (Å²) in [7, 11) is -4.76. The van der Waals surface area contributed by atoms with Gasteiger partial charge in [0.2, 0.25) is 15.9 Å². The van der Waals surface area contributed by atoms with Crippen LogP contribution in [0.3, 0.4) is 0 Å². The Balaban J connectivity index is 2.57. The molecule has 0 aliphatic carbocycles. The topological polar surface area (TPSA) is 104 Å². The van der Waals surface area contributed by atoms with Gasteiger partial charge in [-0.2, -0.15) is 4.31 Å². The Bertz CT molecular complexity index is 815. The first-order valence-electron chi connectivity index (χ1n) is 6.77. The maximum absolute atomic E-state index is 14.4. The molecule has 2 N–H and O–H groups in total. The Labute approximate surface area is 141 Å². The highest BCUT2D eigenvalue weighted by atomic mass is 35.5. The number of carbonyl (C=O) groups excluding carboxylic acids is 1. The Morgan fingerprint density at radius 2 is 2.04 bits per heavy atom. The van der Waals surface area contributed by atoms with E-state index in [1.54, 1.807) is 0 Å². The monoisotopic (exact) mass is 382 g/mol. The molecule has 24 heavy (non-hydrogen) atoms. The molecule has 7 nitrogen and oxygen atoms in total. The number of hydrogen-bond donors (Lipinski definition) is 2. The molecule has 2 rings (SSSR count). The zero-order chi connectivity index (χ0) is 18.2. The van der Waals surface area contributed by atoms with Gasteiger partial charge in [0.15, 0.2) is 10.7 Å². The number of sulfonamides is 1. The molecule has 1 fully saturated rings. The molecule has 0 aromatic heterocycles. The van der Waals surface area contributed by atoms with Gasteiger partial charge in [-0.1, -0.05) is 11.6 Å². The molecule has 1 amide bonds. The standard InChI is InChI=1S/C13H13ClF2N2O5S/c1-6(19)17-8-5-7(15)12(11(16)10(8)14)24(22,23)18-4-2-3-9(18)13(20)21/h5,9H,2-4H2,1H3,(H,17,19)(H,20,21)/t9-/m1/s1. The van der Waals surface area contributed by atoms with E-state index in [0.29, 0.717) is 10.4 Å². The van der Waals surface area contributed by atoms with E-state index in [0.717, 1.165) is 6.92 Å². The van der Waals surface area contributed by atoms with Crippen molar-refractivity contribution in [2.45, 2.75) is 30.7 Å². The van der Waals surface area contributed by atoms with Gasteiger partial charge in [-0.3, -0.25) is 9.59 Å². The normalized spacial score (nSPS) is 18.6. The summed E-state index contributed by atoms with van der Waals surface area (Å²) in [4.78, 5) is 20.8. The van der Waals surface area contributed by atoms with Crippen LogP contribution < -0.4 is 5.32 Å². The fraction of sp³-hybridized carbons (Fsp3) is 0.385. The molecule has 1 aliphatic heterocycles. The number of halogens is 3. The first-order valence-corrected chi connectivity index (χ1v) is 8.59. The maximum Gasteiger partial charge on any atom is 0.322 e. The van der Waals surface area contributed by atoms with Crippen molar-refractivity contribution < 1.29 is 31.9 Å². The van der Waals surface area contributed by atoms with Crippen LogP contribution in [0.2, 0.25) is 5.02 Å². The molecule has 0 saturated carbocycles. The maximum atomic E-state index is 14.4. The number of aliphatic carboxylic acids is 1. The third-order valence-corrected chi connectivity index (χ3v) is 5.80. The van der Waals surface area contributed by atoms with Crippen LogP contribution in [0.25, 0.3) is 0 Å². The van der Waals surface area contributed by atoms with Gasteiger partial charge in [0.25, 0.3) is 0 Å². The quantitative estimate of drug-likeness (QED) is 0.773. The van der Waals surface area contributed by atoms with E-state index in [-0.39, 0.29) is 19.4 Å². The van der Waals surface area contributed by atoms with E-state index in [9.17, 15) is 26.8 Å². The molecule has 1 aliphatic rings. The SMILES string of the molecule is CC(=O)Nc1cc(F)c(S(=O)(=O)N2CCC[C@@H]2C(=O)O)c(F)c1Cl. The second kappa shape index (κ2) is 6.61. The lowest BCUT2D eigenvalue weighted by Gasteiger charge is -2.22. The number of rotatable bonds is 4. The molecule has 1 saturated heterocycles. The van der Waals surface area contributed by atoms with Gasteiger partial charge in [0.1, 0.15) is 16.9 Å². The fourth-order valence-electron chi connectivity index (χ4n) is 2.49. The van der Waals surface area contributed by atoms with Crippen molar-refractivity contribution in [1.29, 1.82) is 0 Å². The third kappa shape index (κ3) is 3.21. The molecule has 0 radical (unpaired) electrons. The number of benzene rings is 1. The lowest BCUT2D eigenvalue weighted by Crippen LogP contribution is -2.41. The van der Waals surface area contributed by atoms with Crippen molar-refractivity contribution in [1.82, 2.24) is 4.31 Å². The number of nitrogens with one attached hydrogen (secondary N) is 1. The van der Waals surface area contributed by atoms with Crippen molar-refractivity contribution in [3.63, 3.8) is 0 Å². The van der Waals surface area contributed by atoms with Crippen LogP contribution in [0.4, 0.5) is 14.5 Å². The van der Waals surface area contributed by atoms with Crippen molar-refractivity contribution in [3.05, 3.63) is 22.7 Å². The first kappa shape index (κ1) is 18.6. The zero-order valence-electron chi connectivity index (χ0n) is 12.3. The van der Waals surface area contributed by atoms with Gasteiger partial charge in [-0.15, -0.1) is 0 Å². The molecule has 0 unspecified atom stereocenters. The summed E-state index contributed by atoms with van der Waals surface area (Å²) in [6.07, 6.45) is 0.284. The Kier molecular flexibility index (Phi) is 5.11. The highest BCUT2D eigenvalue weighted by Crippen LogP contribution is 2.35. The summed E-state index contributed by atoms with van der Waals surface area (Å²) in [5.41, 5.74) is -0.422. The second-order valence-corrected chi connectivity index (χ2v) is 7.36. The lowest BCUT2D eigenvalue weighted by atomic mass is 10.2. The zero-order valence-corrected chi connectivity index (χ0v) is 13.9. The summed E-state index contributed by atoms with van der Waals surface area (Å²) in [6.45, 7) is 0.904. The van der Waals surface area contributed by atoms with Crippen LogP contribution in [0, 0.1) is 11.6 Å². The second-order valence-electron chi connectivity index (χ2n) is 5.16. The van der Waals surface area contributed by atoms with Gasteiger partial charge in [-0.05, 0) is 12.8 Å². The molecule has 1 aromatic rings. The minimum Gasteiger partial charge on any atom is -0.480 e. The molecular formula is C13H13ClF2N2O5S. The first-order chi connectivity index (χ1) is 11.1. The van der Waals surface area contributed by atoms with E-state index in [1.807, 2.05) is 0 Å². The number of carboxylic acid groups (broad SMARTS) is 1. The molecule has 0 spiro atoms. The van der Waals surface area contributed by atoms with E-state index >= 15 is 0 Å². The van der Waals surface area contributed by atoms with Crippen LogP contribution in [-0.2, 0) is 19.6 Å². The van der Waals surface area contributed by atoms with E-state index in [1.165, 1.54) is 0 Å². The smallest absolute Gasteiger partial charge is 0.322 e. The highest BCUT2D eigenvalue weighted by Gasteiger charge is 2.42. The Hall–Kier alpha value is -1.78. The van der Waals surface area contributed by atoms with Crippen molar-refractivity contribution >= 4 is 39.2 Å². The predicted molar refractivity (Wildman–Crippen MR) is 80.2 cm³/mol. The average Bonchev–Trinajstić information content (AvgIpc) is 2.94. The number of amides is 1.